The fourth-order valence-corrected chi connectivity index (χ4v) is 2.86. The standard InChI is InChI=1S/C16H12ClN3O3S/c1-23-15(22)9-7-10-13(19-16(24-2)20-14(10)21)18-12(9)8-5-3-4-6-11(8)17/h3-7H,1-2H3,(H,18,19,20,21). The summed E-state index contributed by atoms with van der Waals surface area (Å²) in [7, 11) is 1.27. The second-order valence-electron chi connectivity index (χ2n) is 4.80. The lowest BCUT2D eigenvalue weighted by atomic mass is 10.0. The predicted molar refractivity (Wildman–Crippen MR) is 93.7 cm³/mol. The van der Waals surface area contributed by atoms with Gasteiger partial charge in [-0.1, -0.05) is 41.6 Å². The fraction of sp³-hybridized carbons (Fsp3) is 0.125. The van der Waals surface area contributed by atoms with Crippen LogP contribution in [0.25, 0.3) is 22.3 Å². The molecular formula is C16H12ClN3O3S. The molecule has 0 fully saturated rings. The molecule has 0 radical (unpaired) electrons. The largest absolute Gasteiger partial charge is 0.465 e. The van der Waals surface area contributed by atoms with Crippen LogP contribution in [0.3, 0.4) is 0 Å². The van der Waals surface area contributed by atoms with Crippen LogP contribution >= 0.6 is 23.4 Å². The molecule has 24 heavy (non-hydrogen) atoms. The van der Waals surface area contributed by atoms with E-state index in [1.807, 2.05) is 0 Å². The van der Waals surface area contributed by atoms with Crippen LogP contribution in [-0.4, -0.2) is 34.3 Å². The van der Waals surface area contributed by atoms with E-state index in [1.165, 1.54) is 24.9 Å². The summed E-state index contributed by atoms with van der Waals surface area (Å²) in [5.74, 6) is -0.604. The maximum absolute atomic E-state index is 12.2. The number of fused-ring (bicyclic) bond motifs is 1. The van der Waals surface area contributed by atoms with Crippen LogP contribution in [0.1, 0.15) is 10.4 Å². The zero-order valence-corrected chi connectivity index (χ0v) is 14.4. The molecular weight excluding hydrogens is 350 g/mol. The molecule has 0 amide bonds. The molecule has 3 aromatic rings. The van der Waals surface area contributed by atoms with Gasteiger partial charge < -0.3 is 9.72 Å². The first kappa shape index (κ1) is 16.5. The van der Waals surface area contributed by atoms with E-state index in [0.29, 0.717) is 21.4 Å². The van der Waals surface area contributed by atoms with Crippen LogP contribution in [0, 0.1) is 0 Å². The first-order chi connectivity index (χ1) is 11.5. The highest BCUT2D eigenvalue weighted by molar-refractivity contribution is 7.98. The zero-order chi connectivity index (χ0) is 17.3. The summed E-state index contributed by atoms with van der Waals surface area (Å²) in [6, 6.07) is 8.43. The molecule has 0 bridgehead atoms. The Morgan fingerprint density at radius 1 is 1.29 bits per heavy atom. The van der Waals surface area contributed by atoms with Gasteiger partial charge in [0.2, 0.25) is 0 Å². The summed E-state index contributed by atoms with van der Waals surface area (Å²) >= 11 is 7.53. The lowest BCUT2D eigenvalue weighted by Gasteiger charge is -2.10. The molecule has 3 rings (SSSR count). The van der Waals surface area contributed by atoms with Crippen molar-refractivity contribution in [3.63, 3.8) is 0 Å². The third-order valence-corrected chi connectivity index (χ3v) is 4.31. The summed E-state index contributed by atoms with van der Waals surface area (Å²) in [4.78, 5) is 35.7. The molecule has 2 aromatic heterocycles. The Kier molecular flexibility index (Phi) is 4.55. The predicted octanol–water partition coefficient (Wildman–Crippen LogP) is 3.15. The number of benzene rings is 1. The van der Waals surface area contributed by atoms with Crippen LogP contribution in [0.4, 0.5) is 0 Å². The third kappa shape index (κ3) is 2.88. The second-order valence-corrected chi connectivity index (χ2v) is 6.00. The number of H-pyrrole nitrogens is 1. The molecule has 0 saturated carbocycles. The summed E-state index contributed by atoms with van der Waals surface area (Å²) < 4.78 is 4.81. The molecule has 0 atom stereocenters. The number of rotatable bonds is 3. The number of hydrogen-bond acceptors (Lipinski definition) is 6. The molecule has 0 aliphatic rings. The molecule has 1 N–H and O–H groups in total. The normalized spacial score (nSPS) is 10.8. The number of esters is 1. The van der Waals surface area contributed by atoms with E-state index >= 15 is 0 Å². The number of thioether (sulfide) groups is 1. The van der Waals surface area contributed by atoms with Gasteiger partial charge in [0.1, 0.15) is 0 Å². The summed E-state index contributed by atoms with van der Waals surface area (Å²) in [6.45, 7) is 0. The number of aromatic amines is 1. The fourth-order valence-electron chi connectivity index (χ4n) is 2.27. The minimum Gasteiger partial charge on any atom is -0.465 e. The SMILES string of the molecule is COC(=O)c1cc2c(=O)[nH]c(SC)nc2nc1-c1ccccc1Cl. The number of carbonyl (C=O) groups excluding carboxylic acids is 1. The average molecular weight is 362 g/mol. The van der Waals surface area contributed by atoms with Crippen LogP contribution in [0.2, 0.25) is 5.02 Å². The molecule has 2 heterocycles. The van der Waals surface area contributed by atoms with Crippen LogP contribution in [0.15, 0.2) is 40.3 Å². The quantitative estimate of drug-likeness (QED) is 0.438. The van der Waals surface area contributed by atoms with Crippen molar-refractivity contribution < 1.29 is 9.53 Å². The Morgan fingerprint density at radius 2 is 2.04 bits per heavy atom. The Labute approximate surface area is 146 Å². The molecule has 0 saturated heterocycles. The zero-order valence-electron chi connectivity index (χ0n) is 12.8. The highest BCUT2D eigenvalue weighted by Gasteiger charge is 2.20. The number of nitrogens with zero attached hydrogens (tertiary/aromatic N) is 2. The van der Waals surface area contributed by atoms with Gasteiger partial charge in [0, 0.05) is 10.6 Å². The number of methoxy groups -OCH3 is 1. The lowest BCUT2D eigenvalue weighted by Crippen LogP contribution is -2.13. The maximum atomic E-state index is 12.2. The number of halogens is 1. The molecule has 8 heteroatoms. The lowest BCUT2D eigenvalue weighted by molar-refractivity contribution is 0.0601. The topological polar surface area (TPSA) is 84.9 Å². The number of carbonyl (C=O) groups is 1. The van der Waals surface area contributed by atoms with Crippen molar-refractivity contribution in [3.05, 3.63) is 51.3 Å². The van der Waals surface area contributed by atoms with Gasteiger partial charge in [-0.25, -0.2) is 14.8 Å². The maximum Gasteiger partial charge on any atom is 0.340 e. The van der Waals surface area contributed by atoms with Gasteiger partial charge in [-0.05, 0) is 18.4 Å². The molecule has 0 unspecified atom stereocenters. The average Bonchev–Trinajstić information content (AvgIpc) is 2.60. The van der Waals surface area contributed by atoms with E-state index in [4.69, 9.17) is 16.3 Å². The molecule has 122 valence electrons. The van der Waals surface area contributed by atoms with Gasteiger partial charge in [0.15, 0.2) is 10.8 Å². The monoisotopic (exact) mass is 361 g/mol. The highest BCUT2D eigenvalue weighted by atomic mass is 35.5. The Balaban J connectivity index is 2.39. The van der Waals surface area contributed by atoms with Crippen molar-refractivity contribution >= 4 is 40.4 Å². The minimum absolute atomic E-state index is 0.155. The van der Waals surface area contributed by atoms with Crippen molar-refractivity contribution in [1.29, 1.82) is 0 Å². The van der Waals surface area contributed by atoms with Crippen LogP contribution in [0.5, 0.6) is 0 Å². The van der Waals surface area contributed by atoms with Gasteiger partial charge in [-0.3, -0.25) is 4.79 Å². The first-order valence-corrected chi connectivity index (χ1v) is 8.47. The number of aromatic nitrogens is 3. The van der Waals surface area contributed by atoms with E-state index in [2.05, 4.69) is 15.0 Å². The number of nitrogens with one attached hydrogen (secondary N) is 1. The second kappa shape index (κ2) is 6.62. The van der Waals surface area contributed by atoms with Crippen molar-refractivity contribution in [2.75, 3.05) is 13.4 Å². The first-order valence-electron chi connectivity index (χ1n) is 6.87. The molecule has 0 aliphatic carbocycles. The summed E-state index contributed by atoms with van der Waals surface area (Å²) in [5.41, 5.74) is 0.917. The van der Waals surface area contributed by atoms with E-state index in [1.54, 1.807) is 30.5 Å². The van der Waals surface area contributed by atoms with E-state index in [9.17, 15) is 9.59 Å². The van der Waals surface area contributed by atoms with Crippen LogP contribution < -0.4 is 5.56 Å². The summed E-state index contributed by atoms with van der Waals surface area (Å²) in [6.07, 6.45) is 1.79. The van der Waals surface area contributed by atoms with Crippen LogP contribution in [-0.2, 0) is 4.74 Å². The van der Waals surface area contributed by atoms with Gasteiger partial charge >= 0.3 is 5.97 Å². The van der Waals surface area contributed by atoms with Gasteiger partial charge in [-0.15, -0.1) is 0 Å². The Hall–Kier alpha value is -2.38. The molecule has 0 spiro atoms. The van der Waals surface area contributed by atoms with Crippen molar-refractivity contribution in [1.82, 2.24) is 15.0 Å². The van der Waals surface area contributed by atoms with Gasteiger partial charge in [0.05, 0.1) is 23.8 Å². The van der Waals surface area contributed by atoms with Crippen molar-refractivity contribution in [2.24, 2.45) is 0 Å². The number of hydrogen-bond donors (Lipinski definition) is 1. The van der Waals surface area contributed by atoms with Gasteiger partial charge in [0.25, 0.3) is 5.56 Å². The molecule has 1 aromatic carbocycles. The Bertz CT molecular complexity index is 1000. The van der Waals surface area contributed by atoms with E-state index < -0.39 is 5.97 Å². The van der Waals surface area contributed by atoms with E-state index in [0.717, 1.165) is 0 Å². The Morgan fingerprint density at radius 3 is 2.71 bits per heavy atom. The number of pyridine rings is 1. The smallest absolute Gasteiger partial charge is 0.340 e. The third-order valence-electron chi connectivity index (χ3n) is 3.40. The molecule has 6 nitrogen and oxygen atoms in total. The van der Waals surface area contributed by atoms with Gasteiger partial charge in [-0.2, -0.15) is 0 Å². The van der Waals surface area contributed by atoms with Crippen molar-refractivity contribution in [3.8, 4) is 11.3 Å². The highest BCUT2D eigenvalue weighted by Crippen LogP contribution is 2.30. The van der Waals surface area contributed by atoms with Crippen molar-refractivity contribution in [2.45, 2.75) is 5.16 Å². The summed E-state index contributed by atoms with van der Waals surface area (Å²) in [5, 5.41) is 1.09. The number of ether oxygens (including phenoxy) is 1. The van der Waals surface area contributed by atoms with E-state index in [-0.39, 0.29) is 22.2 Å². The minimum atomic E-state index is -0.604. The molecule has 0 aliphatic heterocycles.